The molecule has 0 spiro atoms. The molecule has 1 aromatic rings. The minimum absolute atomic E-state index is 0.0784. The molecule has 2 rings (SSSR count). The van der Waals surface area contributed by atoms with Gasteiger partial charge in [0.05, 0.1) is 18.6 Å². The van der Waals surface area contributed by atoms with Crippen LogP contribution >= 0.6 is 11.8 Å². The van der Waals surface area contributed by atoms with Gasteiger partial charge >= 0.3 is 5.97 Å². The first kappa shape index (κ1) is 17.9. The molecule has 1 saturated heterocycles. The van der Waals surface area contributed by atoms with Gasteiger partial charge in [0.1, 0.15) is 6.04 Å². The van der Waals surface area contributed by atoms with E-state index in [9.17, 15) is 19.5 Å². The fourth-order valence-corrected chi connectivity index (χ4v) is 3.04. The second kappa shape index (κ2) is 7.39. The van der Waals surface area contributed by atoms with Gasteiger partial charge in [0.2, 0.25) is 0 Å². The maximum atomic E-state index is 12.4. The Hall–Kier alpha value is -2.48. The van der Waals surface area contributed by atoms with Crippen LogP contribution in [0.1, 0.15) is 19.4 Å². The predicted octanol–water partition coefficient (Wildman–Crippen LogP) is 2.39. The molecule has 0 saturated carbocycles. The summed E-state index contributed by atoms with van der Waals surface area (Å²) in [5.74, 6) is -0.981. The Kier molecular flexibility index (Phi) is 5.50. The standard InChI is InChI=1S/C16H17NO6S/c1-4-23-15(20)9(2)17-14(19)13(24-16(17)21)8-10-5-6-12(22-3)11(18)7-10/h5-9,18H,4H2,1-3H3/b13-8-/t9-/m0/s1. The Morgan fingerprint density at radius 3 is 2.71 bits per heavy atom. The van der Waals surface area contributed by atoms with Gasteiger partial charge < -0.3 is 14.6 Å². The van der Waals surface area contributed by atoms with E-state index in [-0.39, 0.29) is 17.3 Å². The van der Waals surface area contributed by atoms with Crippen molar-refractivity contribution in [3.63, 3.8) is 0 Å². The lowest BCUT2D eigenvalue weighted by molar-refractivity contribution is -0.150. The van der Waals surface area contributed by atoms with Gasteiger partial charge in [-0.3, -0.25) is 14.5 Å². The van der Waals surface area contributed by atoms with Gasteiger partial charge in [-0.2, -0.15) is 0 Å². The average Bonchev–Trinajstić information content (AvgIpc) is 2.81. The smallest absolute Gasteiger partial charge is 0.329 e. The number of carbonyl (C=O) groups is 3. The van der Waals surface area contributed by atoms with E-state index in [4.69, 9.17) is 9.47 Å². The largest absolute Gasteiger partial charge is 0.504 e. The van der Waals surface area contributed by atoms with Crippen molar-refractivity contribution in [2.24, 2.45) is 0 Å². The van der Waals surface area contributed by atoms with E-state index in [1.54, 1.807) is 19.1 Å². The van der Waals surface area contributed by atoms with Crippen molar-refractivity contribution in [3.8, 4) is 11.5 Å². The predicted molar refractivity (Wildman–Crippen MR) is 88.6 cm³/mol. The molecule has 8 heteroatoms. The minimum atomic E-state index is -0.993. The van der Waals surface area contributed by atoms with Gasteiger partial charge in [0.15, 0.2) is 11.5 Å². The van der Waals surface area contributed by atoms with E-state index in [1.807, 2.05) is 0 Å². The second-order valence-corrected chi connectivity index (χ2v) is 5.90. The maximum Gasteiger partial charge on any atom is 0.329 e. The van der Waals surface area contributed by atoms with Crippen LogP contribution in [-0.2, 0) is 14.3 Å². The molecule has 0 bridgehead atoms. The third kappa shape index (κ3) is 3.53. The third-order valence-electron chi connectivity index (χ3n) is 3.34. The zero-order valence-corrected chi connectivity index (χ0v) is 14.3. The van der Waals surface area contributed by atoms with Crippen molar-refractivity contribution in [1.82, 2.24) is 4.90 Å². The highest BCUT2D eigenvalue weighted by atomic mass is 32.2. The Bertz CT molecular complexity index is 715. The van der Waals surface area contributed by atoms with Crippen molar-refractivity contribution < 1.29 is 29.0 Å². The summed E-state index contributed by atoms with van der Waals surface area (Å²) in [5.41, 5.74) is 0.530. The summed E-state index contributed by atoms with van der Waals surface area (Å²) in [7, 11) is 1.43. The van der Waals surface area contributed by atoms with Crippen LogP contribution < -0.4 is 4.74 Å². The Balaban J connectivity index is 2.24. The van der Waals surface area contributed by atoms with Gasteiger partial charge in [0.25, 0.3) is 11.1 Å². The zero-order chi connectivity index (χ0) is 17.9. The molecule has 1 fully saturated rings. The minimum Gasteiger partial charge on any atom is -0.504 e. The molecule has 1 heterocycles. The number of hydrogen-bond donors (Lipinski definition) is 1. The molecule has 1 N–H and O–H groups in total. The summed E-state index contributed by atoms with van der Waals surface area (Å²) < 4.78 is 9.80. The van der Waals surface area contributed by atoms with Crippen molar-refractivity contribution in [2.75, 3.05) is 13.7 Å². The summed E-state index contributed by atoms with van der Waals surface area (Å²) in [6.45, 7) is 3.26. The number of hydrogen-bond acceptors (Lipinski definition) is 7. The van der Waals surface area contributed by atoms with Crippen LogP contribution in [0.15, 0.2) is 23.1 Å². The number of methoxy groups -OCH3 is 1. The van der Waals surface area contributed by atoms with E-state index in [0.717, 1.165) is 16.7 Å². The fourth-order valence-electron chi connectivity index (χ4n) is 2.13. The molecule has 24 heavy (non-hydrogen) atoms. The number of carbonyl (C=O) groups excluding carboxylic acids is 3. The average molecular weight is 351 g/mol. The van der Waals surface area contributed by atoms with E-state index in [2.05, 4.69) is 0 Å². The molecule has 7 nitrogen and oxygen atoms in total. The molecule has 0 aromatic heterocycles. The van der Waals surface area contributed by atoms with E-state index in [0.29, 0.717) is 11.3 Å². The molecule has 1 aliphatic rings. The molecule has 1 atom stereocenters. The van der Waals surface area contributed by atoms with Gasteiger partial charge in [-0.05, 0) is 49.4 Å². The number of imide groups is 1. The molecule has 1 aromatic carbocycles. The molecule has 128 valence electrons. The van der Waals surface area contributed by atoms with E-state index in [1.165, 1.54) is 26.2 Å². The quantitative estimate of drug-likeness (QED) is 0.643. The zero-order valence-electron chi connectivity index (χ0n) is 13.4. The number of phenols is 1. The molecule has 1 aliphatic heterocycles. The number of esters is 1. The van der Waals surface area contributed by atoms with Crippen LogP contribution in [0.2, 0.25) is 0 Å². The van der Waals surface area contributed by atoms with Crippen LogP contribution in [-0.4, -0.2) is 46.9 Å². The van der Waals surface area contributed by atoms with Crippen molar-refractivity contribution in [3.05, 3.63) is 28.7 Å². The van der Waals surface area contributed by atoms with Crippen LogP contribution in [0.25, 0.3) is 6.08 Å². The number of ether oxygens (including phenoxy) is 2. The van der Waals surface area contributed by atoms with Crippen LogP contribution in [0.4, 0.5) is 4.79 Å². The number of amides is 2. The summed E-state index contributed by atoms with van der Waals surface area (Å²) >= 11 is 0.734. The lowest BCUT2D eigenvalue weighted by Gasteiger charge is -2.19. The normalized spacial score (nSPS) is 17.3. The monoisotopic (exact) mass is 351 g/mol. The maximum absolute atomic E-state index is 12.4. The number of rotatable bonds is 5. The first-order chi connectivity index (χ1) is 11.4. The Morgan fingerprint density at radius 2 is 2.12 bits per heavy atom. The molecular weight excluding hydrogens is 334 g/mol. The topological polar surface area (TPSA) is 93.1 Å². The molecular formula is C16H17NO6S. The number of phenolic OH excluding ortho intramolecular Hbond substituents is 1. The third-order valence-corrected chi connectivity index (χ3v) is 4.22. The molecule has 2 amide bonds. The SMILES string of the molecule is CCOC(=O)[C@H](C)N1C(=O)S/C(=C\c2ccc(OC)c(O)c2)C1=O. The summed E-state index contributed by atoms with van der Waals surface area (Å²) in [6.07, 6.45) is 1.47. The van der Waals surface area contributed by atoms with E-state index >= 15 is 0 Å². The number of thioether (sulfide) groups is 1. The molecule has 0 unspecified atom stereocenters. The van der Waals surface area contributed by atoms with Gasteiger partial charge in [-0.1, -0.05) is 6.07 Å². The first-order valence-electron chi connectivity index (χ1n) is 7.19. The van der Waals surface area contributed by atoms with Crippen LogP contribution in [0.5, 0.6) is 11.5 Å². The summed E-state index contributed by atoms with van der Waals surface area (Å²) in [4.78, 5) is 37.2. The first-order valence-corrected chi connectivity index (χ1v) is 8.01. The van der Waals surface area contributed by atoms with Crippen molar-refractivity contribution >= 4 is 35.0 Å². The van der Waals surface area contributed by atoms with Crippen molar-refractivity contribution in [2.45, 2.75) is 19.9 Å². The Labute approximate surface area is 143 Å². The highest BCUT2D eigenvalue weighted by molar-refractivity contribution is 8.18. The second-order valence-electron chi connectivity index (χ2n) is 4.91. The van der Waals surface area contributed by atoms with Gasteiger partial charge in [-0.25, -0.2) is 4.79 Å². The summed E-state index contributed by atoms with van der Waals surface area (Å²) in [5, 5.41) is 9.23. The van der Waals surface area contributed by atoms with Gasteiger partial charge in [-0.15, -0.1) is 0 Å². The fraction of sp³-hybridized carbons (Fsp3) is 0.312. The Morgan fingerprint density at radius 1 is 1.42 bits per heavy atom. The molecule has 0 aliphatic carbocycles. The highest BCUT2D eigenvalue weighted by Crippen LogP contribution is 2.35. The van der Waals surface area contributed by atoms with Crippen LogP contribution in [0, 0.1) is 0 Å². The highest BCUT2D eigenvalue weighted by Gasteiger charge is 2.41. The lowest BCUT2D eigenvalue weighted by atomic mass is 10.2. The van der Waals surface area contributed by atoms with Crippen LogP contribution in [0.3, 0.4) is 0 Å². The number of nitrogens with zero attached hydrogens (tertiary/aromatic N) is 1. The number of aromatic hydroxyl groups is 1. The van der Waals surface area contributed by atoms with E-state index < -0.39 is 23.2 Å². The summed E-state index contributed by atoms with van der Waals surface area (Å²) in [6, 6.07) is 3.61. The number of benzene rings is 1. The van der Waals surface area contributed by atoms with Gasteiger partial charge in [0, 0.05) is 0 Å². The molecule has 0 radical (unpaired) electrons. The lowest BCUT2D eigenvalue weighted by Crippen LogP contribution is -2.42. The van der Waals surface area contributed by atoms with Crippen molar-refractivity contribution in [1.29, 1.82) is 0 Å².